The van der Waals surface area contributed by atoms with Gasteiger partial charge in [0.2, 0.25) is 0 Å². The molecule has 1 unspecified atom stereocenters. The SMILES string of the molecule is CC(=O)c1ccc([C@H]2C[C@@]3(C)[C@@H](C[C@H]4CC43O[SiH2]C(C)(C)C(C)C)[C@@H]3CCC4=CC(=O)CCC4=C32)cc1. The Balaban J connectivity index is 1.42. The highest BCUT2D eigenvalue weighted by atomic mass is 28.2. The molecule has 5 aliphatic carbocycles. The molecule has 4 heteroatoms. The first-order valence-corrected chi connectivity index (χ1v) is 16.0. The summed E-state index contributed by atoms with van der Waals surface area (Å²) in [7, 11) is -0.679. The van der Waals surface area contributed by atoms with E-state index in [-0.39, 0.29) is 16.8 Å². The molecule has 1 aromatic carbocycles. The van der Waals surface area contributed by atoms with Crippen molar-refractivity contribution < 1.29 is 14.0 Å². The van der Waals surface area contributed by atoms with E-state index in [0.717, 1.165) is 31.2 Å². The van der Waals surface area contributed by atoms with Gasteiger partial charge in [0.15, 0.2) is 21.3 Å². The standard InChI is InChI=1S/C33H44O3Si/c1-19(2)31(4,5)37-36-33-17-24(33)16-29-27-13-11-23-15-25(35)12-14-26(23)30(27)28(18-32(29,33)6)22-9-7-21(8-10-22)20(3)34/h7-10,15,19,24,27-29H,11-14,16-18,37H2,1-6H3/t24-,27-,28+,29-,32-,33?/m0/s1. The minimum absolute atomic E-state index is 0.0719. The Morgan fingerprint density at radius 1 is 1.11 bits per heavy atom. The third-order valence-electron chi connectivity index (χ3n) is 11.7. The lowest BCUT2D eigenvalue weighted by Gasteiger charge is -2.54. The normalized spacial score (nSPS) is 36.8. The summed E-state index contributed by atoms with van der Waals surface area (Å²) in [5.74, 6) is 3.39. The van der Waals surface area contributed by atoms with Gasteiger partial charge in [-0.05, 0) is 102 Å². The van der Waals surface area contributed by atoms with Gasteiger partial charge < -0.3 is 4.43 Å². The molecule has 198 valence electrons. The van der Waals surface area contributed by atoms with Crippen molar-refractivity contribution in [3.63, 3.8) is 0 Å². The first-order chi connectivity index (χ1) is 17.5. The second-order valence-electron chi connectivity index (χ2n) is 14.1. The number of carbonyl (C=O) groups is 2. The third-order valence-corrected chi connectivity index (χ3v) is 13.9. The average molecular weight is 517 g/mol. The van der Waals surface area contributed by atoms with E-state index in [1.165, 1.54) is 29.6 Å². The van der Waals surface area contributed by atoms with E-state index in [0.29, 0.717) is 46.8 Å². The van der Waals surface area contributed by atoms with Crippen molar-refractivity contribution in [3.8, 4) is 0 Å². The molecule has 0 saturated heterocycles. The molecule has 0 spiro atoms. The lowest BCUT2D eigenvalue weighted by Crippen LogP contribution is -2.49. The van der Waals surface area contributed by atoms with Crippen LogP contribution in [0, 0.1) is 29.1 Å². The van der Waals surface area contributed by atoms with Crippen LogP contribution in [-0.4, -0.2) is 26.9 Å². The maximum Gasteiger partial charge on any atom is 0.168 e. The molecule has 1 aromatic rings. The van der Waals surface area contributed by atoms with Crippen LogP contribution in [0.25, 0.3) is 0 Å². The van der Waals surface area contributed by atoms with E-state index in [2.05, 4.69) is 46.8 Å². The molecule has 3 fully saturated rings. The molecular formula is C33H44O3Si. The molecule has 3 nitrogen and oxygen atoms in total. The van der Waals surface area contributed by atoms with Crippen molar-refractivity contribution in [1.82, 2.24) is 0 Å². The smallest absolute Gasteiger partial charge is 0.168 e. The molecule has 0 N–H and O–H groups in total. The van der Waals surface area contributed by atoms with Crippen LogP contribution in [0.5, 0.6) is 0 Å². The number of fused-ring (bicyclic) bond motifs is 6. The Morgan fingerprint density at radius 3 is 2.51 bits per heavy atom. The van der Waals surface area contributed by atoms with Gasteiger partial charge in [0, 0.05) is 17.9 Å². The van der Waals surface area contributed by atoms with Crippen LogP contribution < -0.4 is 0 Å². The summed E-state index contributed by atoms with van der Waals surface area (Å²) in [6, 6.07) is 8.47. The van der Waals surface area contributed by atoms with Gasteiger partial charge in [0.25, 0.3) is 0 Å². The van der Waals surface area contributed by atoms with E-state index in [1.54, 1.807) is 12.5 Å². The molecule has 37 heavy (non-hydrogen) atoms. The van der Waals surface area contributed by atoms with Gasteiger partial charge in [-0.2, -0.15) is 0 Å². The maximum absolute atomic E-state index is 12.3. The predicted molar refractivity (Wildman–Crippen MR) is 151 cm³/mol. The Kier molecular flexibility index (Phi) is 5.93. The van der Waals surface area contributed by atoms with E-state index in [9.17, 15) is 9.59 Å². The molecular weight excluding hydrogens is 472 g/mol. The summed E-state index contributed by atoms with van der Waals surface area (Å²) >= 11 is 0. The van der Waals surface area contributed by atoms with Crippen molar-refractivity contribution in [3.05, 3.63) is 58.2 Å². The molecule has 0 radical (unpaired) electrons. The zero-order valence-corrected chi connectivity index (χ0v) is 25.1. The summed E-state index contributed by atoms with van der Waals surface area (Å²) in [4.78, 5) is 24.3. The zero-order valence-electron chi connectivity index (χ0n) is 23.7. The highest BCUT2D eigenvalue weighted by Crippen LogP contribution is 2.77. The number of ketones is 2. The fourth-order valence-corrected chi connectivity index (χ4v) is 10.2. The van der Waals surface area contributed by atoms with Gasteiger partial charge in [-0.3, -0.25) is 9.59 Å². The highest BCUT2D eigenvalue weighted by molar-refractivity contribution is 6.32. The molecule has 0 aromatic heterocycles. The van der Waals surface area contributed by atoms with Crippen molar-refractivity contribution in [2.45, 2.75) is 103 Å². The largest absolute Gasteiger partial charge is 0.417 e. The van der Waals surface area contributed by atoms with Crippen molar-refractivity contribution in [2.75, 3.05) is 0 Å². The molecule has 5 aliphatic rings. The number of rotatable bonds is 6. The Morgan fingerprint density at radius 2 is 1.84 bits per heavy atom. The first-order valence-electron chi connectivity index (χ1n) is 14.7. The second kappa shape index (κ2) is 8.61. The van der Waals surface area contributed by atoms with E-state index in [1.807, 2.05) is 18.2 Å². The summed E-state index contributed by atoms with van der Waals surface area (Å²) in [5.41, 5.74) is 6.84. The van der Waals surface area contributed by atoms with Crippen molar-refractivity contribution >= 4 is 21.3 Å². The minimum atomic E-state index is -0.679. The predicted octanol–water partition coefficient (Wildman–Crippen LogP) is 7.11. The van der Waals surface area contributed by atoms with Crippen LogP contribution in [0.2, 0.25) is 5.04 Å². The molecule has 3 saturated carbocycles. The van der Waals surface area contributed by atoms with Crippen molar-refractivity contribution in [2.24, 2.45) is 29.1 Å². The lowest BCUT2D eigenvalue weighted by molar-refractivity contribution is -0.114. The van der Waals surface area contributed by atoms with E-state index in [4.69, 9.17) is 4.43 Å². The Labute approximate surface area is 225 Å². The van der Waals surface area contributed by atoms with Gasteiger partial charge in [-0.15, -0.1) is 0 Å². The molecule has 6 atom stereocenters. The van der Waals surface area contributed by atoms with Crippen molar-refractivity contribution in [1.29, 1.82) is 0 Å². The maximum atomic E-state index is 12.3. The van der Waals surface area contributed by atoms with Crippen LogP contribution in [0.15, 0.2) is 47.1 Å². The second-order valence-corrected chi connectivity index (χ2v) is 16.5. The summed E-state index contributed by atoms with van der Waals surface area (Å²) in [6.45, 7) is 13.7. The number of allylic oxidation sites excluding steroid dienone is 4. The van der Waals surface area contributed by atoms with Crippen LogP contribution in [0.1, 0.15) is 108 Å². The Hall–Kier alpha value is -1.78. The van der Waals surface area contributed by atoms with Crippen LogP contribution in [0.3, 0.4) is 0 Å². The van der Waals surface area contributed by atoms with Gasteiger partial charge in [0.1, 0.15) is 0 Å². The number of Topliss-reactive ketones (excluding diaryl/α,β-unsaturated/α-hetero) is 1. The van der Waals surface area contributed by atoms with E-state index >= 15 is 0 Å². The molecule has 0 heterocycles. The monoisotopic (exact) mass is 516 g/mol. The average Bonchev–Trinajstić information content (AvgIpc) is 3.52. The molecule has 0 amide bonds. The lowest BCUT2D eigenvalue weighted by atomic mass is 9.51. The fraction of sp³-hybridized carbons (Fsp3) is 0.636. The number of hydrogen-bond acceptors (Lipinski definition) is 3. The number of carbonyl (C=O) groups excluding carboxylic acids is 2. The first kappa shape index (κ1) is 25.5. The summed E-state index contributed by atoms with van der Waals surface area (Å²) in [5, 5.41) is 0.305. The number of benzene rings is 1. The molecule has 0 bridgehead atoms. The van der Waals surface area contributed by atoms with Gasteiger partial charge >= 0.3 is 0 Å². The van der Waals surface area contributed by atoms with Crippen LogP contribution in [0.4, 0.5) is 0 Å². The van der Waals surface area contributed by atoms with Crippen LogP contribution in [-0.2, 0) is 9.22 Å². The summed E-state index contributed by atoms with van der Waals surface area (Å²) < 4.78 is 7.22. The van der Waals surface area contributed by atoms with Gasteiger partial charge in [-0.1, -0.05) is 64.5 Å². The van der Waals surface area contributed by atoms with E-state index < -0.39 is 9.76 Å². The van der Waals surface area contributed by atoms with Gasteiger partial charge in [0.05, 0.1) is 5.60 Å². The summed E-state index contributed by atoms with van der Waals surface area (Å²) in [6.07, 6.45) is 9.41. The minimum Gasteiger partial charge on any atom is -0.417 e. The Bertz CT molecular complexity index is 1200. The highest BCUT2D eigenvalue weighted by Gasteiger charge is 2.75. The quantitative estimate of drug-likeness (QED) is 0.299. The zero-order chi connectivity index (χ0) is 26.3. The third kappa shape index (κ3) is 3.84. The van der Waals surface area contributed by atoms with Gasteiger partial charge in [-0.25, -0.2) is 0 Å². The molecule has 0 aliphatic heterocycles. The fourth-order valence-electron chi connectivity index (χ4n) is 8.59. The number of hydrogen-bond donors (Lipinski definition) is 0. The topological polar surface area (TPSA) is 43.4 Å². The van der Waals surface area contributed by atoms with Crippen LogP contribution >= 0.6 is 0 Å². The molecule has 6 rings (SSSR count).